The van der Waals surface area contributed by atoms with Gasteiger partial charge >= 0.3 is 0 Å². The van der Waals surface area contributed by atoms with Crippen LogP contribution in [0.5, 0.6) is 5.75 Å². The first-order valence-corrected chi connectivity index (χ1v) is 9.08. The standard InChI is InChI=1S/C22H38O/c1-11-22(10,16(2)3)15-23-19-13-17(20(4,5)6)12-18(14-19)21(7,8)9/h12-14,16H,11,15H2,1-10H3/t22-/m1/s1. The quantitative estimate of drug-likeness (QED) is 0.584. The summed E-state index contributed by atoms with van der Waals surface area (Å²) in [7, 11) is 0. The first-order valence-electron chi connectivity index (χ1n) is 9.08. The van der Waals surface area contributed by atoms with Gasteiger partial charge < -0.3 is 4.74 Å². The van der Waals surface area contributed by atoms with Crippen molar-refractivity contribution in [3.05, 3.63) is 29.3 Å². The van der Waals surface area contributed by atoms with Crippen LogP contribution in [-0.2, 0) is 10.8 Å². The van der Waals surface area contributed by atoms with Crippen LogP contribution in [0, 0.1) is 11.3 Å². The number of hydrogen-bond donors (Lipinski definition) is 0. The number of ether oxygens (including phenoxy) is 1. The van der Waals surface area contributed by atoms with E-state index >= 15 is 0 Å². The van der Waals surface area contributed by atoms with Crippen LogP contribution in [0.3, 0.4) is 0 Å². The minimum atomic E-state index is 0.130. The third kappa shape index (κ3) is 5.26. The van der Waals surface area contributed by atoms with Crippen molar-refractivity contribution in [2.24, 2.45) is 11.3 Å². The zero-order valence-electron chi connectivity index (χ0n) is 17.1. The Hall–Kier alpha value is -0.980. The molecule has 132 valence electrons. The fraction of sp³-hybridized carbons (Fsp3) is 0.727. The molecule has 0 saturated heterocycles. The Morgan fingerprint density at radius 3 is 1.57 bits per heavy atom. The fourth-order valence-electron chi connectivity index (χ4n) is 2.47. The molecule has 0 aliphatic rings. The zero-order chi connectivity index (χ0) is 18.1. The van der Waals surface area contributed by atoms with Crippen LogP contribution in [0.4, 0.5) is 0 Å². The summed E-state index contributed by atoms with van der Waals surface area (Å²) in [5.74, 6) is 1.63. The van der Waals surface area contributed by atoms with E-state index in [4.69, 9.17) is 4.74 Å². The summed E-state index contributed by atoms with van der Waals surface area (Å²) in [6.07, 6.45) is 1.13. The van der Waals surface area contributed by atoms with Crippen molar-refractivity contribution in [2.75, 3.05) is 6.61 Å². The summed E-state index contributed by atoms with van der Waals surface area (Å²) in [6.45, 7) is 23.5. The molecular formula is C22H38O. The molecule has 0 bridgehead atoms. The van der Waals surface area contributed by atoms with Crippen LogP contribution in [0.1, 0.15) is 86.8 Å². The van der Waals surface area contributed by atoms with Crippen molar-refractivity contribution >= 4 is 0 Å². The molecule has 1 atom stereocenters. The third-order valence-electron chi connectivity index (χ3n) is 5.41. The monoisotopic (exact) mass is 318 g/mol. The van der Waals surface area contributed by atoms with Gasteiger partial charge in [0.25, 0.3) is 0 Å². The Kier molecular flexibility index (Phi) is 5.99. The maximum atomic E-state index is 6.30. The van der Waals surface area contributed by atoms with E-state index in [0.29, 0.717) is 5.92 Å². The molecule has 1 heteroatoms. The molecule has 0 fully saturated rings. The molecule has 0 unspecified atom stereocenters. The lowest BCUT2D eigenvalue weighted by molar-refractivity contribution is 0.106. The molecule has 0 N–H and O–H groups in total. The molecule has 0 aromatic heterocycles. The van der Waals surface area contributed by atoms with Crippen molar-refractivity contribution in [2.45, 2.75) is 86.5 Å². The van der Waals surface area contributed by atoms with Crippen molar-refractivity contribution in [1.29, 1.82) is 0 Å². The predicted molar refractivity (Wildman–Crippen MR) is 103 cm³/mol. The Morgan fingerprint density at radius 1 is 0.826 bits per heavy atom. The molecule has 0 spiro atoms. The predicted octanol–water partition coefficient (Wildman–Crippen LogP) is 6.73. The van der Waals surface area contributed by atoms with E-state index in [0.717, 1.165) is 18.8 Å². The SMILES string of the molecule is CC[C@](C)(COc1cc(C(C)(C)C)cc(C(C)(C)C)c1)C(C)C. The second-order valence-electron chi connectivity index (χ2n) is 9.70. The van der Waals surface area contributed by atoms with Gasteiger partial charge in [-0.1, -0.05) is 75.3 Å². The van der Waals surface area contributed by atoms with E-state index in [-0.39, 0.29) is 16.2 Å². The summed E-state index contributed by atoms with van der Waals surface area (Å²) in [6, 6.07) is 6.80. The lowest BCUT2D eigenvalue weighted by atomic mass is 9.77. The Morgan fingerprint density at radius 2 is 1.26 bits per heavy atom. The third-order valence-corrected chi connectivity index (χ3v) is 5.41. The van der Waals surface area contributed by atoms with Crippen LogP contribution < -0.4 is 4.74 Å². The van der Waals surface area contributed by atoms with Crippen molar-refractivity contribution < 1.29 is 4.74 Å². The first kappa shape index (κ1) is 20.1. The molecule has 1 aromatic carbocycles. The highest BCUT2D eigenvalue weighted by Crippen LogP contribution is 2.35. The first-order chi connectivity index (χ1) is 10.3. The lowest BCUT2D eigenvalue weighted by Crippen LogP contribution is -2.30. The van der Waals surface area contributed by atoms with Gasteiger partial charge in [0.2, 0.25) is 0 Å². The van der Waals surface area contributed by atoms with Gasteiger partial charge in [-0.3, -0.25) is 0 Å². The van der Waals surface area contributed by atoms with Crippen LogP contribution in [-0.4, -0.2) is 6.61 Å². The van der Waals surface area contributed by atoms with Gasteiger partial charge in [-0.2, -0.15) is 0 Å². The van der Waals surface area contributed by atoms with Gasteiger partial charge in [0, 0.05) is 5.41 Å². The van der Waals surface area contributed by atoms with Gasteiger partial charge in [-0.15, -0.1) is 0 Å². The number of rotatable bonds is 5. The molecule has 1 nitrogen and oxygen atoms in total. The number of benzene rings is 1. The van der Waals surface area contributed by atoms with Crippen LogP contribution in [0.2, 0.25) is 0 Å². The molecule has 0 saturated carbocycles. The van der Waals surface area contributed by atoms with E-state index in [2.05, 4.69) is 87.4 Å². The van der Waals surface area contributed by atoms with Gasteiger partial charge in [0.05, 0.1) is 6.61 Å². The van der Waals surface area contributed by atoms with Crippen molar-refractivity contribution in [1.82, 2.24) is 0 Å². The molecule has 1 rings (SSSR count). The molecule has 0 aliphatic carbocycles. The van der Waals surface area contributed by atoms with Crippen molar-refractivity contribution in [3.8, 4) is 5.75 Å². The smallest absolute Gasteiger partial charge is 0.119 e. The second-order valence-corrected chi connectivity index (χ2v) is 9.70. The highest BCUT2D eigenvalue weighted by molar-refractivity contribution is 5.40. The van der Waals surface area contributed by atoms with E-state index < -0.39 is 0 Å². The minimum Gasteiger partial charge on any atom is -0.493 e. The van der Waals surface area contributed by atoms with E-state index in [1.165, 1.54) is 11.1 Å². The topological polar surface area (TPSA) is 9.23 Å². The van der Waals surface area contributed by atoms with Gasteiger partial charge in [-0.05, 0) is 46.4 Å². The summed E-state index contributed by atoms with van der Waals surface area (Å²) >= 11 is 0. The van der Waals surface area contributed by atoms with Crippen LogP contribution in [0.25, 0.3) is 0 Å². The van der Waals surface area contributed by atoms with E-state index in [1.54, 1.807) is 0 Å². The molecule has 1 aromatic rings. The number of hydrogen-bond acceptors (Lipinski definition) is 1. The average molecular weight is 319 g/mol. The fourth-order valence-corrected chi connectivity index (χ4v) is 2.47. The molecule has 0 heterocycles. The zero-order valence-corrected chi connectivity index (χ0v) is 17.1. The summed E-state index contributed by atoms with van der Waals surface area (Å²) in [5.41, 5.74) is 3.18. The molecule has 0 amide bonds. The Labute approximate surface area is 144 Å². The second kappa shape index (κ2) is 6.87. The van der Waals surface area contributed by atoms with Crippen LogP contribution in [0.15, 0.2) is 18.2 Å². The summed E-state index contributed by atoms with van der Waals surface area (Å²) in [4.78, 5) is 0. The van der Waals surface area contributed by atoms with E-state index in [9.17, 15) is 0 Å². The molecule has 0 radical (unpaired) electrons. The largest absolute Gasteiger partial charge is 0.493 e. The van der Waals surface area contributed by atoms with Gasteiger partial charge in [0.1, 0.15) is 5.75 Å². The Balaban J connectivity index is 3.16. The van der Waals surface area contributed by atoms with Crippen molar-refractivity contribution in [3.63, 3.8) is 0 Å². The normalized spacial score (nSPS) is 15.6. The minimum absolute atomic E-state index is 0.130. The van der Waals surface area contributed by atoms with Gasteiger partial charge in [-0.25, -0.2) is 0 Å². The highest BCUT2D eigenvalue weighted by Gasteiger charge is 2.28. The maximum absolute atomic E-state index is 6.30. The Bertz CT molecular complexity index is 482. The molecule has 0 aliphatic heterocycles. The van der Waals surface area contributed by atoms with Crippen LogP contribution >= 0.6 is 0 Å². The maximum Gasteiger partial charge on any atom is 0.119 e. The van der Waals surface area contributed by atoms with E-state index in [1.807, 2.05) is 0 Å². The molecular weight excluding hydrogens is 280 g/mol. The summed E-state index contributed by atoms with van der Waals surface area (Å²) in [5, 5.41) is 0. The average Bonchev–Trinajstić information content (AvgIpc) is 2.42. The lowest BCUT2D eigenvalue weighted by Gasteiger charge is -2.33. The highest BCUT2D eigenvalue weighted by atomic mass is 16.5. The molecule has 23 heavy (non-hydrogen) atoms. The summed E-state index contributed by atoms with van der Waals surface area (Å²) < 4.78 is 6.30. The van der Waals surface area contributed by atoms with Gasteiger partial charge in [0.15, 0.2) is 0 Å².